The molecule has 0 aromatic heterocycles. The van der Waals surface area contributed by atoms with Crippen LogP contribution in [0.2, 0.25) is 0 Å². The summed E-state index contributed by atoms with van der Waals surface area (Å²) < 4.78 is 11.0. The van der Waals surface area contributed by atoms with Crippen LogP contribution in [0.15, 0.2) is 72.8 Å². The van der Waals surface area contributed by atoms with Crippen LogP contribution in [0.1, 0.15) is 23.6 Å². The lowest BCUT2D eigenvalue weighted by molar-refractivity contribution is 0.0845. The van der Waals surface area contributed by atoms with Crippen molar-refractivity contribution >= 4 is 11.8 Å². The van der Waals surface area contributed by atoms with E-state index in [2.05, 4.69) is 17.4 Å². The van der Waals surface area contributed by atoms with Crippen LogP contribution in [0.25, 0.3) is 11.1 Å². The molecule has 3 atom stereocenters. The third kappa shape index (κ3) is 4.14. The van der Waals surface area contributed by atoms with E-state index >= 15 is 0 Å². The van der Waals surface area contributed by atoms with Crippen molar-refractivity contribution in [3.8, 4) is 16.9 Å². The van der Waals surface area contributed by atoms with Crippen molar-refractivity contribution in [3.63, 3.8) is 0 Å². The van der Waals surface area contributed by atoms with Gasteiger partial charge in [-0.2, -0.15) is 0 Å². The van der Waals surface area contributed by atoms with Gasteiger partial charge in [0.2, 0.25) is 0 Å². The van der Waals surface area contributed by atoms with E-state index in [1.54, 1.807) is 7.11 Å². The summed E-state index contributed by atoms with van der Waals surface area (Å²) in [7, 11) is 1.66. The number of carbonyl (C=O) groups excluding carboxylic acids is 1. The normalized spacial score (nSPS) is 21.0. The number of nitrogens with one attached hydrogen (secondary N) is 1. The molecule has 0 saturated carbocycles. The second-order valence-corrected chi connectivity index (χ2v) is 8.59. The molecule has 33 heavy (non-hydrogen) atoms. The topological polar surface area (TPSA) is 71.0 Å². The lowest BCUT2D eigenvalue weighted by Crippen LogP contribution is -2.43. The Morgan fingerprint density at radius 2 is 1.82 bits per heavy atom. The number of aliphatic hydroxyl groups excluding tert-OH is 1. The third-order valence-electron chi connectivity index (χ3n) is 6.73. The van der Waals surface area contributed by atoms with Gasteiger partial charge >= 0.3 is 6.09 Å². The number of carbonyl (C=O) groups is 1. The Bertz CT molecular complexity index is 1120. The summed E-state index contributed by atoms with van der Waals surface area (Å²) in [6.07, 6.45) is 0.501. The lowest BCUT2D eigenvalue weighted by atomic mass is 9.82. The standard InChI is InChI=1S/C27H28N2O4/c1-32-21-10-7-19(8-11-21)20-9-12-24-23(15-20)26-22(25(16-30)28-24)13-14-29(26)27(31)33-17-18-5-3-2-4-6-18/h2-12,15,22,25-26,28,30H,13-14,16-17H2,1H3/t22-,25-,26-/m0/s1. The van der Waals surface area contributed by atoms with E-state index in [-0.39, 0.29) is 37.3 Å². The number of likely N-dealkylation sites (tertiary alicyclic amines) is 1. The molecule has 2 heterocycles. The van der Waals surface area contributed by atoms with E-state index in [9.17, 15) is 9.90 Å². The molecule has 2 aliphatic rings. The number of rotatable bonds is 5. The molecule has 6 heteroatoms. The number of fused-ring (bicyclic) bond motifs is 3. The molecule has 3 aromatic rings. The molecule has 0 radical (unpaired) electrons. The van der Waals surface area contributed by atoms with Crippen molar-refractivity contribution in [2.24, 2.45) is 5.92 Å². The number of amides is 1. The minimum absolute atomic E-state index is 0.0216. The Kier molecular flexibility index (Phi) is 5.92. The fraction of sp³-hybridized carbons (Fsp3) is 0.296. The van der Waals surface area contributed by atoms with Gasteiger partial charge in [0.1, 0.15) is 12.4 Å². The van der Waals surface area contributed by atoms with E-state index in [0.717, 1.165) is 40.1 Å². The number of methoxy groups -OCH3 is 1. The Balaban J connectivity index is 1.44. The van der Waals surface area contributed by atoms with Gasteiger partial charge in [-0.3, -0.25) is 0 Å². The van der Waals surface area contributed by atoms with E-state index in [1.165, 1.54) is 0 Å². The molecule has 1 saturated heterocycles. The first-order valence-electron chi connectivity index (χ1n) is 11.3. The molecule has 0 spiro atoms. The quantitative estimate of drug-likeness (QED) is 0.589. The van der Waals surface area contributed by atoms with E-state index < -0.39 is 0 Å². The molecular weight excluding hydrogens is 416 g/mol. The number of ether oxygens (including phenoxy) is 2. The predicted octanol–water partition coefficient (Wildman–Crippen LogP) is 4.85. The molecule has 0 bridgehead atoms. The summed E-state index contributed by atoms with van der Waals surface area (Å²) in [5.41, 5.74) is 5.13. The second kappa shape index (κ2) is 9.16. The van der Waals surface area contributed by atoms with Gasteiger partial charge in [0.25, 0.3) is 0 Å². The molecule has 0 unspecified atom stereocenters. The van der Waals surface area contributed by atoms with E-state index in [4.69, 9.17) is 9.47 Å². The number of benzene rings is 3. The van der Waals surface area contributed by atoms with Crippen LogP contribution in [0.4, 0.5) is 10.5 Å². The van der Waals surface area contributed by atoms with Crippen LogP contribution < -0.4 is 10.1 Å². The molecule has 1 fully saturated rings. The van der Waals surface area contributed by atoms with Gasteiger partial charge in [0.05, 0.1) is 25.8 Å². The lowest BCUT2D eigenvalue weighted by Gasteiger charge is -2.39. The maximum atomic E-state index is 13.1. The zero-order valence-corrected chi connectivity index (χ0v) is 18.6. The zero-order chi connectivity index (χ0) is 22.8. The maximum absolute atomic E-state index is 13.1. The first kappa shape index (κ1) is 21.3. The van der Waals surface area contributed by atoms with Crippen LogP contribution >= 0.6 is 0 Å². The number of anilines is 1. The highest BCUT2D eigenvalue weighted by Crippen LogP contribution is 2.47. The average Bonchev–Trinajstić information content (AvgIpc) is 3.33. The summed E-state index contributed by atoms with van der Waals surface area (Å²) in [6, 6.07) is 23.7. The minimum Gasteiger partial charge on any atom is -0.497 e. The minimum atomic E-state index is -0.314. The molecule has 2 aliphatic heterocycles. The van der Waals surface area contributed by atoms with Crippen molar-refractivity contribution in [2.75, 3.05) is 25.6 Å². The summed E-state index contributed by atoms with van der Waals surface area (Å²) in [5.74, 6) is 0.935. The van der Waals surface area contributed by atoms with E-state index in [0.29, 0.717) is 6.54 Å². The maximum Gasteiger partial charge on any atom is 0.410 e. The summed E-state index contributed by atoms with van der Waals surface area (Å²) >= 11 is 0. The summed E-state index contributed by atoms with van der Waals surface area (Å²) in [4.78, 5) is 14.9. The van der Waals surface area contributed by atoms with Gasteiger partial charge in [-0.25, -0.2) is 4.79 Å². The number of nitrogens with zero attached hydrogens (tertiary/aromatic N) is 1. The Morgan fingerprint density at radius 3 is 2.55 bits per heavy atom. The number of hydrogen-bond donors (Lipinski definition) is 2. The van der Waals surface area contributed by atoms with Crippen molar-refractivity contribution in [3.05, 3.63) is 83.9 Å². The van der Waals surface area contributed by atoms with Gasteiger partial charge < -0.3 is 24.8 Å². The molecular formula is C27H28N2O4. The largest absolute Gasteiger partial charge is 0.497 e. The highest BCUT2D eigenvalue weighted by atomic mass is 16.6. The Hall–Kier alpha value is -3.51. The second-order valence-electron chi connectivity index (χ2n) is 8.59. The first-order valence-corrected chi connectivity index (χ1v) is 11.3. The van der Waals surface area contributed by atoms with Crippen molar-refractivity contribution in [2.45, 2.75) is 25.1 Å². The van der Waals surface area contributed by atoms with Gasteiger partial charge in [0.15, 0.2) is 0 Å². The summed E-state index contributed by atoms with van der Waals surface area (Å²) in [6.45, 7) is 0.870. The molecule has 6 nitrogen and oxygen atoms in total. The van der Waals surface area contributed by atoms with Crippen LogP contribution in [-0.4, -0.2) is 42.4 Å². The average molecular weight is 445 g/mol. The predicted molar refractivity (Wildman–Crippen MR) is 127 cm³/mol. The van der Waals surface area contributed by atoms with Crippen molar-refractivity contribution in [1.82, 2.24) is 4.90 Å². The molecule has 1 amide bonds. The molecule has 5 rings (SSSR count). The van der Waals surface area contributed by atoms with Gasteiger partial charge in [-0.15, -0.1) is 0 Å². The summed E-state index contributed by atoms with van der Waals surface area (Å²) in [5, 5.41) is 13.5. The van der Waals surface area contributed by atoms with Gasteiger partial charge in [-0.1, -0.05) is 48.5 Å². The smallest absolute Gasteiger partial charge is 0.410 e. The molecule has 3 aromatic carbocycles. The fourth-order valence-corrected chi connectivity index (χ4v) is 5.03. The van der Waals surface area contributed by atoms with Crippen LogP contribution in [0.3, 0.4) is 0 Å². The highest BCUT2D eigenvalue weighted by Gasteiger charge is 2.46. The highest BCUT2D eigenvalue weighted by molar-refractivity contribution is 5.74. The molecule has 2 N–H and O–H groups in total. The van der Waals surface area contributed by atoms with Crippen LogP contribution in [0.5, 0.6) is 5.75 Å². The monoisotopic (exact) mass is 444 g/mol. The number of aliphatic hydroxyl groups is 1. The molecule has 170 valence electrons. The van der Waals surface area contributed by atoms with Crippen LogP contribution in [0, 0.1) is 5.92 Å². The van der Waals surface area contributed by atoms with Gasteiger partial charge in [-0.05, 0) is 52.9 Å². The first-order chi connectivity index (χ1) is 16.2. The van der Waals surface area contributed by atoms with Gasteiger partial charge in [0, 0.05) is 18.2 Å². The zero-order valence-electron chi connectivity index (χ0n) is 18.6. The Morgan fingerprint density at radius 1 is 1.06 bits per heavy atom. The number of hydrogen-bond acceptors (Lipinski definition) is 5. The fourth-order valence-electron chi connectivity index (χ4n) is 5.03. The SMILES string of the molecule is COc1ccc(-c2ccc3c(c2)[C@@H]2[C@@H](CCN2C(=O)OCc2ccccc2)[C@H](CO)N3)cc1. The third-order valence-corrected chi connectivity index (χ3v) is 6.73. The van der Waals surface area contributed by atoms with E-state index in [1.807, 2.05) is 65.6 Å². The van der Waals surface area contributed by atoms with Crippen molar-refractivity contribution in [1.29, 1.82) is 0 Å². The Labute approximate surface area is 193 Å². The molecule has 0 aliphatic carbocycles. The van der Waals surface area contributed by atoms with Crippen LogP contribution in [-0.2, 0) is 11.3 Å². The van der Waals surface area contributed by atoms with Crippen molar-refractivity contribution < 1.29 is 19.4 Å².